The van der Waals surface area contributed by atoms with Crippen molar-refractivity contribution in [2.45, 2.75) is 39.2 Å². The largest absolute Gasteiger partial charge is 0.497 e. The summed E-state index contributed by atoms with van der Waals surface area (Å²) in [6, 6.07) is 7.45. The molecule has 3 heterocycles. The molecular formula is C23H30N4O3. The van der Waals surface area contributed by atoms with Crippen LogP contribution in [0.2, 0.25) is 0 Å². The van der Waals surface area contributed by atoms with Gasteiger partial charge in [0.1, 0.15) is 11.6 Å². The summed E-state index contributed by atoms with van der Waals surface area (Å²) in [6.45, 7) is 5.07. The zero-order valence-electron chi connectivity index (χ0n) is 17.8. The Hall–Kier alpha value is -2.83. The Morgan fingerprint density at radius 2 is 2.07 bits per heavy atom. The molecule has 4 rings (SSSR count). The highest BCUT2D eigenvalue weighted by atomic mass is 16.5. The van der Waals surface area contributed by atoms with E-state index in [0.29, 0.717) is 18.2 Å². The second-order valence-electron chi connectivity index (χ2n) is 8.22. The van der Waals surface area contributed by atoms with Crippen LogP contribution in [0.3, 0.4) is 0 Å². The van der Waals surface area contributed by atoms with Crippen LogP contribution in [0, 0.1) is 11.8 Å². The lowest BCUT2D eigenvalue weighted by Crippen LogP contribution is -2.43. The number of hydrogen-bond donors (Lipinski definition) is 0. The first kappa shape index (κ1) is 20.4. The maximum absolute atomic E-state index is 13.1. The molecule has 160 valence electrons. The summed E-state index contributed by atoms with van der Waals surface area (Å²) in [6.07, 6.45) is 7.12. The van der Waals surface area contributed by atoms with E-state index in [1.54, 1.807) is 12.0 Å². The maximum atomic E-state index is 13.1. The van der Waals surface area contributed by atoms with E-state index in [-0.39, 0.29) is 24.2 Å². The molecule has 2 aromatic rings. The molecule has 2 aliphatic heterocycles. The van der Waals surface area contributed by atoms with Crippen molar-refractivity contribution in [1.29, 1.82) is 0 Å². The van der Waals surface area contributed by atoms with E-state index >= 15 is 0 Å². The number of carbonyl (C=O) groups excluding carboxylic acids is 2. The lowest BCUT2D eigenvalue weighted by molar-refractivity contribution is -0.137. The van der Waals surface area contributed by atoms with Gasteiger partial charge in [-0.1, -0.05) is 13.0 Å². The van der Waals surface area contributed by atoms with Crippen molar-refractivity contribution in [3.05, 3.63) is 42.5 Å². The van der Waals surface area contributed by atoms with Crippen molar-refractivity contribution in [3.8, 4) is 5.75 Å². The molecule has 0 saturated carbocycles. The van der Waals surface area contributed by atoms with Crippen molar-refractivity contribution >= 4 is 17.5 Å². The smallest absolute Gasteiger partial charge is 0.228 e. The van der Waals surface area contributed by atoms with Gasteiger partial charge in [0.25, 0.3) is 0 Å². The van der Waals surface area contributed by atoms with E-state index in [0.717, 1.165) is 50.4 Å². The van der Waals surface area contributed by atoms with Crippen LogP contribution in [0.4, 0.5) is 5.69 Å². The zero-order valence-corrected chi connectivity index (χ0v) is 17.8. The fourth-order valence-corrected chi connectivity index (χ4v) is 4.59. The molecule has 2 amide bonds. The second-order valence-corrected chi connectivity index (χ2v) is 8.22. The summed E-state index contributed by atoms with van der Waals surface area (Å²) in [4.78, 5) is 33.7. The summed E-state index contributed by atoms with van der Waals surface area (Å²) in [5.41, 5.74) is 0.792. The van der Waals surface area contributed by atoms with Crippen molar-refractivity contribution in [3.63, 3.8) is 0 Å². The highest BCUT2D eigenvalue weighted by molar-refractivity contribution is 6.00. The Bertz CT molecular complexity index is 901. The number of likely N-dealkylation sites (tertiary alicyclic amines) is 1. The molecule has 1 atom stereocenters. The fraction of sp³-hybridized carbons (Fsp3) is 0.522. The van der Waals surface area contributed by atoms with Gasteiger partial charge in [0, 0.05) is 63.2 Å². The van der Waals surface area contributed by atoms with Crippen LogP contribution < -0.4 is 9.64 Å². The molecule has 1 aromatic carbocycles. The van der Waals surface area contributed by atoms with Gasteiger partial charge in [0.05, 0.1) is 13.0 Å². The number of benzene rings is 1. The summed E-state index contributed by atoms with van der Waals surface area (Å²) in [7, 11) is 1.61. The maximum Gasteiger partial charge on any atom is 0.228 e. The van der Waals surface area contributed by atoms with Gasteiger partial charge in [-0.3, -0.25) is 9.59 Å². The molecule has 0 radical (unpaired) electrons. The minimum absolute atomic E-state index is 0.00342. The third kappa shape index (κ3) is 4.20. The number of aryl methyl sites for hydroxylation is 1. The van der Waals surface area contributed by atoms with E-state index in [4.69, 9.17) is 4.74 Å². The minimum Gasteiger partial charge on any atom is -0.497 e. The number of nitrogens with zero attached hydrogens (tertiary/aromatic N) is 4. The number of aromatic nitrogens is 2. The lowest BCUT2D eigenvalue weighted by atomic mass is 9.95. The Balaban J connectivity index is 1.32. The molecule has 2 fully saturated rings. The number of imidazole rings is 1. The number of anilines is 1. The molecule has 30 heavy (non-hydrogen) atoms. The van der Waals surface area contributed by atoms with Crippen molar-refractivity contribution in [2.75, 3.05) is 31.6 Å². The molecule has 0 bridgehead atoms. The topological polar surface area (TPSA) is 67.7 Å². The normalized spacial score (nSPS) is 20.1. The average Bonchev–Trinajstić information content (AvgIpc) is 3.39. The van der Waals surface area contributed by atoms with Gasteiger partial charge in [-0.25, -0.2) is 4.98 Å². The first-order valence-corrected chi connectivity index (χ1v) is 10.8. The number of amides is 2. The van der Waals surface area contributed by atoms with Gasteiger partial charge in [-0.15, -0.1) is 0 Å². The Morgan fingerprint density at radius 1 is 1.27 bits per heavy atom. The first-order valence-electron chi connectivity index (χ1n) is 10.8. The van der Waals surface area contributed by atoms with Crippen molar-refractivity contribution in [2.24, 2.45) is 11.8 Å². The number of ether oxygens (including phenoxy) is 1. The number of carbonyl (C=O) groups is 2. The number of hydrogen-bond acceptors (Lipinski definition) is 4. The van der Waals surface area contributed by atoms with Crippen molar-refractivity contribution < 1.29 is 14.3 Å². The molecule has 1 unspecified atom stereocenters. The van der Waals surface area contributed by atoms with Crippen LogP contribution in [-0.4, -0.2) is 53.0 Å². The van der Waals surface area contributed by atoms with Gasteiger partial charge in [-0.05, 0) is 30.9 Å². The average molecular weight is 411 g/mol. The summed E-state index contributed by atoms with van der Waals surface area (Å²) >= 11 is 0. The lowest BCUT2D eigenvalue weighted by Gasteiger charge is -2.33. The molecule has 7 heteroatoms. The summed E-state index contributed by atoms with van der Waals surface area (Å²) in [5.74, 6) is 2.25. The van der Waals surface area contributed by atoms with Gasteiger partial charge < -0.3 is 19.1 Å². The van der Waals surface area contributed by atoms with Crippen molar-refractivity contribution in [1.82, 2.24) is 14.5 Å². The van der Waals surface area contributed by atoms with Gasteiger partial charge in [0.15, 0.2) is 0 Å². The molecule has 2 saturated heterocycles. The van der Waals surface area contributed by atoms with Gasteiger partial charge >= 0.3 is 0 Å². The van der Waals surface area contributed by atoms with Crippen LogP contribution in [0.5, 0.6) is 5.75 Å². The Morgan fingerprint density at radius 3 is 2.80 bits per heavy atom. The second kappa shape index (κ2) is 8.90. The van der Waals surface area contributed by atoms with E-state index in [2.05, 4.69) is 16.5 Å². The highest BCUT2D eigenvalue weighted by Gasteiger charge is 2.38. The Labute approximate surface area is 177 Å². The quantitative estimate of drug-likeness (QED) is 0.734. The highest BCUT2D eigenvalue weighted by Crippen LogP contribution is 2.30. The predicted molar refractivity (Wildman–Crippen MR) is 114 cm³/mol. The number of rotatable bonds is 6. The number of methoxy groups -OCH3 is 1. The fourth-order valence-electron chi connectivity index (χ4n) is 4.59. The molecule has 1 aromatic heterocycles. The SMILES string of the molecule is CCc1nccn1CC1CCN(C(=O)C2CC(=O)N(c3cccc(OC)c3)C2)CC1. The van der Waals surface area contributed by atoms with Crippen LogP contribution in [0.15, 0.2) is 36.7 Å². The summed E-state index contributed by atoms with van der Waals surface area (Å²) in [5, 5.41) is 0. The number of piperidine rings is 1. The third-order valence-electron chi connectivity index (χ3n) is 6.34. The van der Waals surface area contributed by atoms with Crippen LogP contribution >= 0.6 is 0 Å². The third-order valence-corrected chi connectivity index (χ3v) is 6.34. The molecule has 2 aliphatic rings. The molecule has 7 nitrogen and oxygen atoms in total. The first-order chi connectivity index (χ1) is 14.6. The molecule has 0 aliphatic carbocycles. The molecule has 0 spiro atoms. The van der Waals surface area contributed by atoms with Gasteiger partial charge in [-0.2, -0.15) is 0 Å². The van der Waals surface area contributed by atoms with Gasteiger partial charge in [0.2, 0.25) is 11.8 Å². The summed E-state index contributed by atoms with van der Waals surface area (Å²) < 4.78 is 7.50. The van der Waals surface area contributed by atoms with Crippen LogP contribution in [-0.2, 0) is 22.6 Å². The molecule has 0 N–H and O–H groups in total. The van der Waals surface area contributed by atoms with E-state index in [9.17, 15) is 9.59 Å². The van der Waals surface area contributed by atoms with Crippen LogP contribution in [0.25, 0.3) is 0 Å². The predicted octanol–water partition coefficient (Wildman–Crippen LogP) is 2.75. The van der Waals surface area contributed by atoms with E-state index < -0.39 is 0 Å². The standard InChI is InChI=1S/C23H30N4O3/c1-3-21-24-9-12-26(21)15-17-7-10-25(11-8-17)23(29)18-13-22(28)27(16-18)19-5-4-6-20(14-19)30-2/h4-6,9,12,14,17-18H,3,7-8,10-11,13,15-16H2,1-2H3. The van der Waals surface area contributed by atoms with Crippen LogP contribution in [0.1, 0.15) is 32.0 Å². The molecular weight excluding hydrogens is 380 g/mol. The monoisotopic (exact) mass is 410 g/mol. The van der Waals surface area contributed by atoms with E-state index in [1.807, 2.05) is 41.6 Å². The van der Waals surface area contributed by atoms with E-state index in [1.165, 1.54) is 0 Å². The Kier molecular flexibility index (Phi) is 6.06. The zero-order chi connectivity index (χ0) is 21.1. The minimum atomic E-state index is -0.263.